The monoisotopic (exact) mass is 400 g/mol. The molecule has 0 saturated heterocycles. The molecule has 0 radical (unpaired) electrons. The molecule has 5 atom stereocenters. The summed E-state index contributed by atoms with van der Waals surface area (Å²) in [5.74, 6) is 2.26. The molecule has 3 aliphatic carbocycles. The fourth-order valence-electron chi connectivity index (χ4n) is 6.67. The molecule has 2 nitrogen and oxygen atoms in total. The van der Waals surface area contributed by atoms with Gasteiger partial charge in [0.05, 0.1) is 11.7 Å². The van der Waals surface area contributed by atoms with E-state index in [2.05, 4.69) is 32.6 Å². The molecule has 0 heterocycles. The van der Waals surface area contributed by atoms with Crippen LogP contribution in [0.15, 0.2) is 35.5 Å². The van der Waals surface area contributed by atoms with Crippen LogP contribution in [0.2, 0.25) is 0 Å². The van der Waals surface area contributed by atoms with Gasteiger partial charge in [-0.15, -0.1) is 0 Å². The van der Waals surface area contributed by atoms with E-state index >= 15 is 0 Å². The average molecular weight is 401 g/mol. The van der Waals surface area contributed by atoms with Gasteiger partial charge in [0.25, 0.3) is 0 Å². The van der Waals surface area contributed by atoms with Crippen molar-refractivity contribution in [3.05, 3.63) is 35.5 Å². The Hall–Kier alpha value is -0.860. The van der Waals surface area contributed by atoms with Crippen LogP contribution in [-0.2, 0) is 0 Å². The minimum atomic E-state index is -0.535. The van der Waals surface area contributed by atoms with Crippen LogP contribution in [-0.4, -0.2) is 21.9 Å². The molecule has 0 bridgehead atoms. The number of fused-ring (bicyclic) bond motifs is 1. The number of hydrogen-bond acceptors (Lipinski definition) is 2. The fourth-order valence-corrected chi connectivity index (χ4v) is 6.67. The molecule has 3 aliphatic rings. The van der Waals surface area contributed by atoms with Crippen LogP contribution >= 0.6 is 0 Å². The van der Waals surface area contributed by atoms with Crippen molar-refractivity contribution in [3.63, 3.8) is 0 Å². The van der Waals surface area contributed by atoms with Crippen molar-refractivity contribution in [2.24, 2.45) is 23.2 Å². The van der Waals surface area contributed by atoms with Crippen LogP contribution < -0.4 is 0 Å². The second-order valence-electron chi connectivity index (χ2n) is 11.2. The highest BCUT2D eigenvalue weighted by molar-refractivity contribution is 5.36. The van der Waals surface area contributed by atoms with Crippen molar-refractivity contribution in [1.82, 2.24) is 0 Å². The first-order chi connectivity index (χ1) is 13.6. The van der Waals surface area contributed by atoms with Gasteiger partial charge in [0.15, 0.2) is 0 Å². The molecule has 1 unspecified atom stereocenters. The fraction of sp³-hybridized carbons (Fsp3) is 0.778. The first-order valence-corrected chi connectivity index (χ1v) is 12.1. The van der Waals surface area contributed by atoms with Crippen molar-refractivity contribution in [3.8, 4) is 0 Å². The van der Waals surface area contributed by atoms with E-state index in [9.17, 15) is 10.2 Å². The molecule has 3 fully saturated rings. The van der Waals surface area contributed by atoms with Crippen molar-refractivity contribution in [2.75, 3.05) is 0 Å². The van der Waals surface area contributed by atoms with Crippen LogP contribution in [0.1, 0.15) is 98.3 Å². The summed E-state index contributed by atoms with van der Waals surface area (Å²) in [6.07, 6.45) is 16.9. The third kappa shape index (κ3) is 5.44. The molecule has 0 aromatic carbocycles. The minimum Gasteiger partial charge on any atom is -0.393 e. The number of hydrogen-bond donors (Lipinski definition) is 2. The lowest BCUT2D eigenvalue weighted by Crippen LogP contribution is -2.36. The van der Waals surface area contributed by atoms with Crippen molar-refractivity contribution in [1.29, 1.82) is 0 Å². The van der Waals surface area contributed by atoms with Gasteiger partial charge in [-0.25, -0.2) is 0 Å². The second kappa shape index (κ2) is 9.10. The van der Waals surface area contributed by atoms with E-state index in [1.807, 2.05) is 13.8 Å². The van der Waals surface area contributed by atoms with Gasteiger partial charge in [0.1, 0.15) is 0 Å². The summed E-state index contributed by atoms with van der Waals surface area (Å²) >= 11 is 0. The highest BCUT2D eigenvalue weighted by Crippen LogP contribution is 2.60. The molecule has 164 valence electrons. The standard InChI is InChI=1S/C27H44O2/c1-19-10-13-23(28)18-22(19)12-11-21-9-7-17-27(5)24(14-15-25(21)27)20(2)8-6-16-26(3,4)29/h11-12,20,23-25,28-29H,1,6-10,13-18H2,2-5H3/b21-11+,22-12+/t20-,23+,24?,25+,27-/m1/s1. The maximum Gasteiger partial charge on any atom is 0.0591 e. The zero-order chi connectivity index (χ0) is 21.2. The summed E-state index contributed by atoms with van der Waals surface area (Å²) in [4.78, 5) is 0. The summed E-state index contributed by atoms with van der Waals surface area (Å²) in [5.41, 5.74) is 4.02. The quantitative estimate of drug-likeness (QED) is 0.518. The zero-order valence-corrected chi connectivity index (χ0v) is 19.3. The summed E-state index contributed by atoms with van der Waals surface area (Å²) < 4.78 is 0. The Morgan fingerprint density at radius 1 is 1.21 bits per heavy atom. The lowest BCUT2D eigenvalue weighted by Gasteiger charge is -2.44. The minimum absolute atomic E-state index is 0.192. The van der Waals surface area contributed by atoms with Crippen LogP contribution in [0, 0.1) is 23.2 Å². The summed E-state index contributed by atoms with van der Waals surface area (Å²) in [6.45, 7) is 13.1. The van der Waals surface area contributed by atoms with Crippen molar-refractivity contribution < 1.29 is 10.2 Å². The van der Waals surface area contributed by atoms with Gasteiger partial charge in [-0.3, -0.25) is 0 Å². The van der Waals surface area contributed by atoms with Gasteiger partial charge in [-0.05, 0) is 100 Å². The van der Waals surface area contributed by atoms with Gasteiger partial charge < -0.3 is 10.2 Å². The zero-order valence-electron chi connectivity index (χ0n) is 19.3. The molecule has 0 amide bonds. The molecule has 0 aromatic heterocycles. The van der Waals surface area contributed by atoms with E-state index in [0.717, 1.165) is 49.9 Å². The third-order valence-corrected chi connectivity index (χ3v) is 8.36. The van der Waals surface area contributed by atoms with Crippen LogP contribution in [0.4, 0.5) is 0 Å². The maximum absolute atomic E-state index is 10.0. The first-order valence-electron chi connectivity index (χ1n) is 12.1. The van der Waals surface area contributed by atoms with Crippen LogP contribution in [0.3, 0.4) is 0 Å². The molecular weight excluding hydrogens is 356 g/mol. The topological polar surface area (TPSA) is 40.5 Å². The molecule has 0 aliphatic heterocycles. The maximum atomic E-state index is 10.0. The Labute approximate surface area is 179 Å². The second-order valence-corrected chi connectivity index (χ2v) is 11.2. The highest BCUT2D eigenvalue weighted by atomic mass is 16.3. The van der Waals surface area contributed by atoms with E-state index in [-0.39, 0.29) is 6.10 Å². The van der Waals surface area contributed by atoms with Gasteiger partial charge in [0.2, 0.25) is 0 Å². The summed E-state index contributed by atoms with van der Waals surface area (Å²) in [6, 6.07) is 0. The first kappa shape index (κ1) is 22.8. The average Bonchev–Trinajstić information content (AvgIpc) is 2.99. The highest BCUT2D eigenvalue weighted by Gasteiger charge is 2.50. The Morgan fingerprint density at radius 3 is 2.69 bits per heavy atom. The van der Waals surface area contributed by atoms with Gasteiger partial charge in [0, 0.05) is 0 Å². The van der Waals surface area contributed by atoms with Crippen molar-refractivity contribution >= 4 is 0 Å². The lowest BCUT2D eigenvalue weighted by molar-refractivity contribution is 0.0596. The normalized spacial score (nSPS) is 37.2. The smallest absolute Gasteiger partial charge is 0.0591 e. The lowest BCUT2D eigenvalue weighted by atomic mass is 9.60. The number of aliphatic hydroxyl groups excluding tert-OH is 1. The van der Waals surface area contributed by atoms with Gasteiger partial charge in [-0.1, -0.05) is 56.6 Å². The summed E-state index contributed by atoms with van der Waals surface area (Å²) in [5, 5.41) is 20.1. The van der Waals surface area contributed by atoms with Gasteiger partial charge >= 0.3 is 0 Å². The van der Waals surface area contributed by atoms with E-state index < -0.39 is 5.60 Å². The van der Waals surface area contributed by atoms with E-state index in [0.29, 0.717) is 5.41 Å². The number of aliphatic hydroxyl groups is 2. The van der Waals surface area contributed by atoms with E-state index in [1.54, 1.807) is 5.57 Å². The van der Waals surface area contributed by atoms with E-state index in [1.165, 1.54) is 49.7 Å². The Kier molecular flexibility index (Phi) is 7.16. The van der Waals surface area contributed by atoms with E-state index in [4.69, 9.17) is 0 Å². The summed E-state index contributed by atoms with van der Waals surface area (Å²) in [7, 11) is 0. The molecule has 0 spiro atoms. The third-order valence-electron chi connectivity index (χ3n) is 8.36. The number of rotatable bonds is 6. The molecule has 29 heavy (non-hydrogen) atoms. The number of allylic oxidation sites excluding steroid dienone is 4. The molecule has 0 aromatic rings. The Morgan fingerprint density at radius 2 is 1.97 bits per heavy atom. The van der Waals surface area contributed by atoms with Gasteiger partial charge in [-0.2, -0.15) is 0 Å². The largest absolute Gasteiger partial charge is 0.393 e. The molecule has 3 rings (SSSR count). The molecular formula is C27H44O2. The van der Waals surface area contributed by atoms with Crippen LogP contribution in [0.5, 0.6) is 0 Å². The predicted octanol–water partition coefficient (Wildman–Crippen LogP) is 6.73. The Balaban J connectivity index is 1.68. The molecule has 2 N–H and O–H groups in total. The van der Waals surface area contributed by atoms with Crippen molar-refractivity contribution in [2.45, 2.75) is 110 Å². The Bertz CT molecular complexity index is 650. The molecule has 3 saturated carbocycles. The molecule has 2 heteroatoms. The van der Waals surface area contributed by atoms with Crippen LogP contribution in [0.25, 0.3) is 0 Å². The SMILES string of the molecule is C=C1CC[C@H](O)C/C1=C\C=C1/CCC[C@]2(C)C([C@H](C)CCCC(C)(C)O)CC[C@@H]12. The predicted molar refractivity (Wildman–Crippen MR) is 123 cm³/mol.